The van der Waals surface area contributed by atoms with E-state index in [4.69, 9.17) is 15.9 Å². The van der Waals surface area contributed by atoms with Gasteiger partial charge < -0.3 is 10.5 Å². The number of amidine groups is 1. The van der Waals surface area contributed by atoms with E-state index in [0.29, 0.717) is 12.5 Å². The molecule has 0 radical (unpaired) electrons. The van der Waals surface area contributed by atoms with Gasteiger partial charge in [-0.05, 0) is 36.5 Å². The van der Waals surface area contributed by atoms with Crippen molar-refractivity contribution in [3.8, 4) is 0 Å². The molecule has 0 aliphatic heterocycles. The first-order valence-corrected chi connectivity index (χ1v) is 6.56. The number of hydrogen-bond acceptors (Lipinski definition) is 2. The van der Waals surface area contributed by atoms with Crippen molar-refractivity contribution in [1.82, 2.24) is 0 Å². The summed E-state index contributed by atoms with van der Waals surface area (Å²) in [6.07, 6.45) is 2.42. The number of ether oxygens (including phenoxy) is 1. The average Bonchev–Trinajstić information content (AvgIpc) is 2.31. The number of aryl methyl sites for hydroxylation is 1. The van der Waals surface area contributed by atoms with Gasteiger partial charge in [-0.15, -0.1) is 0 Å². The van der Waals surface area contributed by atoms with Crippen LogP contribution in [0.5, 0.6) is 0 Å². The molecule has 1 rings (SSSR count). The van der Waals surface area contributed by atoms with Crippen LogP contribution in [0.4, 0.5) is 0 Å². The van der Waals surface area contributed by atoms with Crippen molar-refractivity contribution >= 4 is 5.84 Å². The van der Waals surface area contributed by atoms with E-state index < -0.39 is 0 Å². The van der Waals surface area contributed by atoms with Gasteiger partial charge in [0.05, 0.1) is 6.61 Å². The lowest BCUT2D eigenvalue weighted by Crippen LogP contribution is -2.12. The van der Waals surface area contributed by atoms with E-state index in [-0.39, 0.29) is 5.84 Å². The quantitative estimate of drug-likeness (QED) is 0.575. The Kier molecular flexibility index (Phi) is 5.86. The number of nitrogen functional groups attached to an aromatic ring is 1. The van der Waals surface area contributed by atoms with Gasteiger partial charge in [-0.25, -0.2) is 0 Å². The number of hydrogen-bond donors (Lipinski definition) is 2. The molecule has 1 aromatic carbocycles. The van der Waals surface area contributed by atoms with Gasteiger partial charge in [-0.1, -0.05) is 32.4 Å². The normalized spacial score (nSPS) is 12.4. The molecule has 3 N–H and O–H groups in total. The summed E-state index contributed by atoms with van der Waals surface area (Å²) in [5, 5.41) is 7.39. The molecule has 18 heavy (non-hydrogen) atoms. The van der Waals surface area contributed by atoms with E-state index in [2.05, 4.69) is 13.8 Å². The maximum absolute atomic E-state index is 7.39. The summed E-state index contributed by atoms with van der Waals surface area (Å²) in [6.45, 7) is 7.89. The zero-order valence-electron chi connectivity index (χ0n) is 11.6. The van der Waals surface area contributed by atoms with Crippen LogP contribution in [0, 0.1) is 18.3 Å². The monoisotopic (exact) mass is 248 g/mol. The molecule has 1 unspecified atom stereocenters. The van der Waals surface area contributed by atoms with Crippen LogP contribution in [0.2, 0.25) is 0 Å². The second kappa shape index (κ2) is 7.17. The highest BCUT2D eigenvalue weighted by Gasteiger charge is 2.04. The number of nitrogens with two attached hydrogens (primary N) is 1. The third kappa shape index (κ3) is 4.49. The third-order valence-electron chi connectivity index (χ3n) is 3.10. The average molecular weight is 248 g/mol. The molecule has 0 saturated heterocycles. The molecule has 0 bridgehead atoms. The van der Waals surface area contributed by atoms with Gasteiger partial charge in [0.2, 0.25) is 0 Å². The van der Waals surface area contributed by atoms with E-state index >= 15 is 0 Å². The number of rotatable bonds is 7. The molecule has 0 aromatic heterocycles. The van der Waals surface area contributed by atoms with Crippen LogP contribution >= 0.6 is 0 Å². The van der Waals surface area contributed by atoms with E-state index in [1.165, 1.54) is 18.4 Å². The lowest BCUT2D eigenvalue weighted by molar-refractivity contribution is 0.0890. The largest absolute Gasteiger partial charge is 0.384 e. The summed E-state index contributed by atoms with van der Waals surface area (Å²) in [4.78, 5) is 0. The first-order valence-electron chi connectivity index (χ1n) is 6.56. The Morgan fingerprint density at radius 1 is 1.44 bits per heavy atom. The van der Waals surface area contributed by atoms with Crippen LogP contribution in [0.25, 0.3) is 0 Å². The highest BCUT2D eigenvalue weighted by molar-refractivity contribution is 5.95. The van der Waals surface area contributed by atoms with Crippen LogP contribution in [-0.2, 0) is 11.3 Å². The summed E-state index contributed by atoms with van der Waals surface area (Å²) in [6, 6.07) is 5.82. The first kappa shape index (κ1) is 14.7. The Hall–Kier alpha value is -1.35. The van der Waals surface area contributed by atoms with Crippen LogP contribution in [0.3, 0.4) is 0 Å². The summed E-state index contributed by atoms with van der Waals surface area (Å²) < 4.78 is 5.73. The van der Waals surface area contributed by atoms with Gasteiger partial charge >= 0.3 is 0 Å². The Bertz CT molecular complexity index is 401. The molecule has 0 aliphatic rings. The molecule has 0 saturated carbocycles. The van der Waals surface area contributed by atoms with Gasteiger partial charge in [-0.2, -0.15) is 0 Å². The fourth-order valence-corrected chi connectivity index (χ4v) is 1.97. The molecule has 1 atom stereocenters. The van der Waals surface area contributed by atoms with Gasteiger partial charge in [0, 0.05) is 12.2 Å². The summed E-state index contributed by atoms with van der Waals surface area (Å²) >= 11 is 0. The van der Waals surface area contributed by atoms with Crippen molar-refractivity contribution in [2.24, 2.45) is 11.7 Å². The Labute approximate surface area is 110 Å². The Morgan fingerprint density at radius 3 is 2.72 bits per heavy atom. The minimum Gasteiger partial charge on any atom is -0.384 e. The standard InChI is InChI=1S/C15H24N2O/c1-4-5-11(2)9-18-10-14-7-6-13(15(16)17)8-12(14)3/h6-8,11H,4-5,9-10H2,1-3H3,(H3,16,17). The summed E-state index contributed by atoms with van der Waals surface area (Å²) in [5.41, 5.74) is 8.53. The fraction of sp³-hybridized carbons (Fsp3) is 0.533. The van der Waals surface area contributed by atoms with Crippen molar-refractivity contribution in [2.75, 3.05) is 6.61 Å². The predicted octanol–water partition coefficient (Wildman–Crippen LogP) is 3.23. The highest BCUT2D eigenvalue weighted by Crippen LogP contribution is 2.13. The molecule has 0 aliphatic carbocycles. The Morgan fingerprint density at radius 2 is 2.17 bits per heavy atom. The molecule has 1 aromatic rings. The summed E-state index contributed by atoms with van der Waals surface area (Å²) in [7, 11) is 0. The maximum atomic E-state index is 7.39. The molecular weight excluding hydrogens is 224 g/mol. The second-order valence-corrected chi connectivity index (χ2v) is 4.96. The zero-order valence-corrected chi connectivity index (χ0v) is 11.6. The molecule has 3 nitrogen and oxygen atoms in total. The zero-order chi connectivity index (χ0) is 13.5. The first-order chi connectivity index (χ1) is 8.54. The topological polar surface area (TPSA) is 59.1 Å². The predicted molar refractivity (Wildman–Crippen MR) is 75.9 cm³/mol. The van der Waals surface area contributed by atoms with E-state index in [1.54, 1.807) is 0 Å². The molecule has 0 amide bonds. The van der Waals surface area contributed by atoms with Crippen LogP contribution in [-0.4, -0.2) is 12.4 Å². The second-order valence-electron chi connectivity index (χ2n) is 4.96. The van der Waals surface area contributed by atoms with Crippen LogP contribution < -0.4 is 5.73 Å². The van der Waals surface area contributed by atoms with E-state index in [0.717, 1.165) is 17.7 Å². The van der Waals surface area contributed by atoms with Crippen LogP contribution in [0.1, 0.15) is 43.4 Å². The SMILES string of the molecule is CCCC(C)COCc1ccc(C(=N)N)cc1C. The smallest absolute Gasteiger partial charge is 0.122 e. The van der Waals surface area contributed by atoms with E-state index in [1.807, 2.05) is 25.1 Å². The van der Waals surface area contributed by atoms with Crippen molar-refractivity contribution in [1.29, 1.82) is 5.41 Å². The summed E-state index contributed by atoms with van der Waals surface area (Å²) in [5.74, 6) is 0.730. The lowest BCUT2D eigenvalue weighted by atomic mass is 10.0. The van der Waals surface area contributed by atoms with Crippen LogP contribution in [0.15, 0.2) is 18.2 Å². The lowest BCUT2D eigenvalue weighted by Gasteiger charge is -2.12. The molecule has 3 heteroatoms. The van der Waals surface area contributed by atoms with Gasteiger partial charge in [-0.3, -0.25) is 5.41 Å². The number of nitrogens with one attached hydrogen (secondary N) is 1. The minimum atomic E-state index is 0.113. The molecule has 0 spiro atoms. The minimum absolute atomic E-state index is 0.113. The van der Waals surface area contributed by atoms with Crippen molar-refractivity contribution in [3.05, 3.63) is 34.9 Å². The molecule has 0 heterocycles. The molecular formula is C15H24N2O. The Balaban J connectivity index is 2.50. The third-order valence-corrected chi connectivity index (χ3v) is 3.10. The van der Waals surface area contributed by atoms with Gasteiger partial charge in [0.1, 0.15) is 5.84 Å². The highest BCUT2D eigenvalue weighted by atomic mass is 16.5. The van der Waals surface area contributed by atoms with Crippen molar-refractivity contribution < 1.29 is 4.74 Å². The van der Waals surface area contributed by atoms with Gasteiger partial charge in [0.25, 0.3) is 0 Å². The van der Waals surface area contributed by atoms with Gasteiger partial charge in [0.15, 0.2) is 0 Å². The van der Waals surface area contributed by atoms with E-state index in [9.17, 15) is 0 Å². The number of benzene rings is 1. The maximum Gasteiger partial charge on any atom is 0.122 e. The fourth-order valence-electron chi connectivity index (χ4n) is 1.97. The van der Waals surface area contributed by atoms with Crippen molar-refractivity contribution in [2.45, 2.75) is 40.2 Å². The molecule has 100 valence electrons. The van der Waals surface area contributed by atoms with Crippen molar-refractivity contribution in [3.63, 3.8) is 0 Å². The molecule has 0 fully saturated rings.